The number of halogens is 1. The largest absolute Gasteiger partial charge is 0.391 e. The van der Waals surface area contributed by atoms with Crippen LogP contribution in [0.1, 0.15) is 54.2 Å². The molecule has 10 heteroatoms. The zero-order chi connectivity index (χ0) is 27.5. The topological polar surface area (TPSA) is 117 Å². The first-order chi connectivity index (χ1) is 18.8. The van der Waals surface area contributed by atoms with Crippen molar-refractivity contribution in [1.82, 2.24) is 20.2 Å². The second-order valence-electron chi connectivity index (χ2n) is 10.0. The van der Waals surface area contributed by atoms with Gasteiger partial charge in [-0.3, -0.25) is 9.59 Å². The van der Waals surface area contributed by atoms with E-state index in [0.29, 0.717) is 47.6 Å². The summed E-state index contributed by atoms with van der Waals surface area (Å²) in [7, 11) is 0. The van der Waals surface area contributed by atoms with Crippen LogP contribution in [0.2, 0.25) is 5.02 Å². The Morgan fingerprint density at radius 2 is 1.90 bits per heavy atom. The number of fused-ring (bicyclic) bond motifs is 1. The van der Waals surface area contributed by atoms with Crippen molar-refractivity contribution in [1.29, 1.82) is 0 Å². The lowest BCUT2D eigenvalue weighted by Gasteiger charge is -2.28. The first kappa shape index (κ1) is 27.1. The molecule has 204 valence electrons. The molecule has 3 atom stereocenters. The fraction of sp³-hybridized carbons (Fsp3) is 0.379. The van der Waals surface area contributed by atoms with Gasteiger partial charge in [0, 0.05) is 36.9 Å². The van der Waals surface area contributed by atoms with E-state index in [-0.39, 0.29) is 17.9 Å². The zero-order valence-corrected chi connectivity index (χ0v) is 22.7. The number of ether oxygens (including phenoxy) is 1. The van der Waals surface area contributed by atoms with E-state index in [2.05, 4.69) is 20.6 Å². The molecule has 2 amide bonds. The van der Waals surface area contributed by atoms with Gasteiger partial charge in [0.15, 0.2) is 0 Å². The lowest BCUT2D eigenvalue weighted by atomic mass is 10.0. The molecule has 0 bridgehead atoms. The Balaban J connectivity index is 1.32. The maximum Gasteiger partial charge on any atom is 0.255 e. The Bertz CT molecular complexity index is 1350. The summed E-state index contributed by atoms with van der Waals surface area (Å²) in [5.41, 5.74) is 3.35. The number of rotatable bonds is 8. The number of hydrogen-bond donors (Lipinski definition) is 3. The highest BCUT2D eigenvalue weighted by Crippen LogP contribution is 2.32. The van der Waals surface area contributed by atoms with Crippen LogP contribution in [-0.4, -0.2) is 63.2 Å². The average molecular weight is 550 g/mol. The van der Waals surface area contributed by atoms with Crippen LogP contribution in [-0.2, 0) is 16.1 Å². The highest BCUT2D eigenvalue weighted by molar-refractivity contribution is 6.33. The monoisotopic (exact) mass is 549 g/mol. The van der Waals surface area contributed by atoms with E-state index in [1.807, 2.05) is 42.5 Å². The van der Waals surface area contributed by atoms with Gasteiger partial charge in [0.1, 0.15) is 6.04 Å². The molecule has 3 heterocycles. The minimum Gasteiger partial charge on any atom is -0.391 e. The third kappa shape index (κ3) is 5.90. The summed E-state index contributed by atoms with van der Waals surface area (Å²) in [5.74, 6) is -0.103. The second kappa shape index (κ2) is 11.7. The van der Waals surface area contributed by atoms with E-state index in [1.54, 1.807) is 26.1 Å². The lowest BCUT2D eigenvalue weighted by molar-refractivity contribution is -0.126. The molecular formula is C29H32ClN5O4. The van der Waals surface area contributed by atoms with E-state index in [4.69, 9.17) is 16.3 Å². The Morgan fingerprint density at radius 3 is 2.62 bits per heavy atom. The molecule has 2 aliphatic heterocycles. The maximum atomic E-state index is 13.4. The minimum absolute atomic E-state index is 0.228. The van der Waals surface area contributed by atoms with Gasteiger partial charge >= 0.3 is 0 Å². The molecule has 3 N–H and O–H groups in total. The third-order valence-electron chi connectivity index (χ3n) is 7.30. The van der Waals surface area contributed by atoms with Gasteiger partial charge < -0.3 is 25.4 Å². The molecule has 1 saturated heterocycles. The number of aromatic nitrogens is 2. The third-order valence-corrected chi connectivity index (χ3v) is 7.58. The number of nitrogens with zero attached hydrogens (tertiary/aromatic N) is 3. The summed E-state index contributed by atoms with van der Waals surface area (Å²) in [6.45, 7) is 5.03. The Hall–Kier alpha value is -3.53. The molecule has 1 aromatic heterocycles. The Labute approximate surface area is 232 Å². The normalized spacial score (nSPS) is 17.8. The summed E-state index contributed by atoms with van der Waals surface area (Å²) >= 11 is 6.46. The Kier molecular flexibility index (Phi) is 8.11. The summed E-state index contributed by atoms with van der Waals surface area (Å²) in [6, 6.07) is 13.7. The molecule has 9 nitrogen and oxygen atoms in total. The molecule has 3 unspecified atom stereocenters. The van der Waals surface area contributed by atoms with Crippen molar-refractivity contribution in [2.75, 3.05) is 18.5 Å². The summed E-state index contributed by atoms with van der Waals surface area (Å²) < 4.78 is 5.42. The van der Waals surface area contributed by atoms with E-state index in [1.165, 1.54) is 4.90 Å². The number of carbonyl (C=O) groups is 2. The number of aliphatic hydroxyl groups is 1. The average Bonchev–Trinajstić information content (AvgIpc) is 3.28. The van der Waals surface area contributed by atoms with Crippen LogP contribution in [0, 0.1) is 0 Å². The molecule has 2 aromatic carbocycles. The van der Waals surface area contributed by atoms with Gasteiger partial charge in [0.2, 0.25) is 11.9 Å². The second-order valence-corrected chi connectivity index (χ2v) is 10.4. The molecule has 5 rings (SSSR count). The number of carbonyl (C=O) groups excluding carboxylic acids is 2. The van der Waals surface area contributed by atoms with Crippen LogP contribution in [0.15, 0.2) is 54.7 Å². The van der Waals surface area contributed by atoms with Crippen molar-refractivity contribution in [2.45, 2.75) is 57.5 Å². The molecule has 0 radical (unpaired) electrons. The smallest absolute Gasteiger partial charge is 0.255 e. The quantitative estimate of drug-likeness (QED) is 0.389. The van der Waals surface area contributed by atoms with Crippen LogP contribution in [0.5, 0.6) is 0 Å². The van der Waals surface area contributed by atoms with E-state index >= 15 is 0 Å². The van der Waals surface area contributed by atoms with Crippen LogP contribution in [0.25, 0.3) is 11.3 Å². The summed E-state index contributed by atoms with van der Waals surface area (Å²) in [4.78, 5) is 37.1. The van der Waals surface area contributed by atoms with Gasteiger partial charge in [-0.2, -0.15) is 0 Å². The molecule has 2 aliphatic rings. The highest BCUT2D eigenvalue weighted by atomic mass is 35.5. The lowest BCUT2D eigenvalue weighted by Crippen LogP contribution is -2.47. The fourth-order valence-corrected chi connectivity index (χ4v) is 5.21. The van der Waals surface area contributed by atoms with Crippen molar-refractivity contribution in [2.24, 2.45) is 0 Å². The van der Waals surface area contributed by atoms with Crippen LogP contribution in [0.3, 0.4) is 0 Å². The Morgan fingerprint density at radius 1 is 1.15 bits per heavy atom. The van der Waals surface area contributed by atoms with Gasteiger partial charge in [0.25, 0.3) is 5.91 Å². The van der Waals surface area contributed by atoms with Crippen molar-refractivity contribution in [3.8, 4) is 11.3 Å². The van der Waals surface area contributed by atoms with Crippen molar-refractivity contribution in [3.05, 3.63) is 76.4 Å². The molecule has 1 fully saturated rings. The van der Waals surface area contributed by atoms with Gasteiger partial charge in [-0.1, -0.05) is 54.1 Å². The molecule has 39 heavy (non-hydrogen) atoms. The summed E-state index contributed by atoms with van der Waals surface area (Å²) in [6.07, 6.45) is 2.50. The minimum atomic E-state index is -0.805. The maximum absolute atomic E-state index is 13.4. The number of anilines is 1. The first-order valence-corrected chi connectivity index (χ1v) is 13.5. The molecule has 3 aromatic rings. The molecule has 0 spiro atoms. The van der Waals surface area contributed by atoms with Crippen LogP contribution in [0.4, 0.5) is 5.95 Å². The van der Waals surface area contributed by atoms with Crippen LogP contribution < -0.4 is 10.6 Å². The van der Waals surface area contributed by atoms with Gasteiger partial charge in [0.05, 0.1) is 29.1 Å². The van der Waals surface area contributed by atoms with Crippen LogP contribution >= 0.6 is 11.6 Å². The number of amides is 2. The number of nitrogens with one attached hydrogen (secondary N) is 2. The predicted molar refractivity (Wildman–Crippen MR) is 148 cm³/mol. The van der Waals surface area contributed by atoms with E-state index < -0.39 is 18.2 Å². The fourth-order valence-electron chi connectivity index (χ4n) is 5.01. The SMILES string of the molecule is CC(O)C(NC(=O)C(C)N1Cc2ccc(-c3nc(NC4CCOCC4)ncc3Cl)cc2C1=O)c1ccccc1. The zero-order valence-electron chi connectivity index (χ0n) is 21.9. The molecular weight excluding hydrogens is 518 g/mol. The van der Waals surface area contributed by atoms with Crippen molar-refractivity contribution in [3.63, 3.8) is 0 Å². The van der Waals surface area contributed by atoms with Crippen molar-refractivity contribution < 1.29 is 19.4 Å². The van der Waals surface area contributed by atoms with Gasteiger partial charge in [-0.05, 0) is 43.9 Å². The number of hydrogen-bond acceptors (Lipinski definition) is 7. The predicted octanol–water partition coefficient (Wildman–Crippen LogP) is 3.97. The van der Waals surface area contributed by atoms with E-state index in [0.717, 1.165) is 24.0 Å². The van der Waals surface area contributed by atoms with E-state index in [9.17, 15) is 14.7 Å². The van der Waals surface area contributed by atoms with Gasteiger partial charge in [-0.25, -0.2) is 9.97 Å². The number of aliphatic hydroxyl groups excluding tert-OH is 1. The molecule has 0 aliphatic carbocycles. The summed E-state index contributed by atoms with van der Waals surface area (Å²) in [5, 5.41) is 16.9. The molecule has 0 saturated carbocycles. The first-order valence-electron chi connectivity index (χ1n) is 13.2. The van der Waals surface area contributed by atoms with Gasteiger partial charge in [-0.15, -0.1) is 0 Å². The highest BCUT2D eigenvalue weighted by Gasteiger charge is 2.35. The van der Waals surface area contributed by atoms with Crippen molar-refractivity contribution >= 4 is 29.4 Å². The standard InChI is InChI=1S/C29H32ClN5O4/c1-17(27(37)33-25(18(2)36)19-6-4-3-5-7-19)35-16-21-9-8-20(14-23(21)28(35)38)26-24(30)15-31-29(34-26)32-22-10-12-39-13-11-22/h3-9,14-15,17-18,22,25,36H,10-13,16H2,1-2H3,(H,33,37)(H,31,32,34). The number of benzene rings is 2.